The maximum absolute atomic E-state index is 12.4. The molecular formula is C19H31N3O3S. The van der Waals surface area contributed by atoms with E-state index in [0.717, 1.165) is 18.7 Å². The Morgan fingerprint density at radius 3 is 2.35 bits per heavy atom. The predicted molar refractivity (Wildman–Crippen MR) is 106 cm³/mol. The number of likely N-dealkylation sites (tertiary alicyclic amines) is 1. The molecule has 0 aliphatic carbocycles. The molecule has 0 bridgehead atoms. The monoisotopic (exact) mass is 381 g/mol. The van der Waals surface area contributed by atoms with E-state index in [4.69, 9.17) is 0 Å². The Labute approximate surface area is 157 Å². The van der Waals surface area contributed by atoms with Crippen LogP contribution < -0.4 is 10.0 Å². The van der Waals surface area contributed by atoms with Crippen molar-refractivity contribution in [2.45, 2.75) is 46.1 Å². The summed E-state index contributed by atoms with van der Waals surface area (Å²) >= 11 is 0. The summed E-state index contributed by atoms with van der Waals surface area (Å²) in [6.07, 6.45) is 2.38. The van der Waals surface area contributed by atoms with Gasteiger partial charge in [0.1, 0.15) is 0 Å². The third kappa shape index (κ3) is 5.99. The molecule has 2 rings (SSSR count). The van der Waals surface area contributed by atoms with Crippen LogP contribution in [0.1, 0.15) is 39.2 Å². The zero-order valence-electron chi connectivity index (χ0n) is 16.2. The highest BCUT2D eigenvalue weighted by Crippen LogP contribution is 2.20. The zero-order chi connectivity index (χ0) is 19.4. The first-order valence-corrected chi connectivity index (χ1v) is 10.8. The molecule has 7 heteroatoms. The highest BCUT2D eigenvalue weighted by molar-refractivity contribution is 7.92. The molecule has 1 unspecified atom stereocenters. The lowest BCUT2D eigenvalue weighted by Gasteiger charge is -2.35. The number of nitrogens with one attached hydrogen (secondary N) is 2. The molecule has 1 amide bonds. The summed E-state index contributed by atoms with van der Waals surface area (Å²) in [5.41, 5.74) is 1.45. The molecule has 0 aromatic heterocycles. The molecule has 146 valence electrons. The highest BCUT2D eigenvalue weighted by Gasteiger charge is 2.30. The van der Waals surface area contributed by atoms with Crippen LogP contribution in [0.5, 0.6) is 0 Å². The topological polar surface area (TPSA) is 78.5 Å². The predicted octanol–water partition coefficient (Wildman–Crippen LogP) is 2.36. The van der Waals surface area contributed by atoms with Crippen LogP contribution in [-0.2, 0) is 14.8 Å². The molecule has 1 heterocycles. The van der Waals surface area contributed by atoms with Crippen molar-refractivity contribution >= 4 is 21.6 Å². The van der Waals surface area contributed by atoms with E-state index in [0.29, 0.717) is 12.2 Å². The molecular weight excluding hydrogens is 350 g/mol. The molecule has 0 spiro atoms. The fourth-order valence-corrected chi connectivity index (χ4v) is 4.55. The van der Waals surface area contributed by atoms with Gasteiger partial charge in [0.2, 0.25) is 15.9 Å². The number of carbonyl (C=O) groups is 1. The van der Waals surface area contributed by atoms with E-state index in [1.807, 2.05) is 19.1 Å². The molecule has 1 aromatic carbocycles. The number of benzene rings is 1. The van der Waals surface area contributed by atoms with Crippen LogP contribution in [-0.4, -0.2) is 50.2 Å². The van der Waals surface area contributed by atoms with Gasteiger partial charge < -0.3 is 5.32 Å². The first-order chi connectivity index (χ1) is 12.1. The molecule has 6 nitrogen and oxygen atoms in total. The number of rotatable bonds is 8. The lowest BCUT2D eigenvalue weighted by molar-refractivity contribution is -0.124. The second-order valence-electron chi connectivity index (χ2n) is 7.87. The van der Waals surface area contributed by atoms with Crippen LogP contribution in [0.25, 0.3) is 0 Å². The van der Waals surface area contributed by atoms with Crippen LogP contribution in [0, 0.1) is 12.8 Å². The Morgan fingerprint density at radius 1 is 1.19 bits per heavy atom. The first kappa shape index (κ1) is 20.7. The van der Waals surface area contributed by atoms with Gasteiger partial charge in [0.05, 0.1) is 11.7 Å². The summed E-state index contributed by atoms with van der Waals surface area (Å²) in [5.74, 6) is -1.09. The lowest BCUT2D eigenvalue weighted by atomic mass is 10.0. The van der Waals surface area contributed by atoms with Crippen molar-refractivity contribution in [3.63, 3.8) is 0 Å². The molecule has 0 radical (unpaired) electrons. The van der Waals surface area contributed by atoms with E-state index >= 15 is 0 Å². The van der Waals surface area contributed by atoms with Gasteiger partial charge in [0, 0.05) is 17.8 Å². The van der Waals surface area contributed by atoms with Crippen molar-refractivity contribution in [1.29, 1.82) is 0 Å². The van der Waals surface area contributed by atoms with E-state index in [9.17, 15) is 13.2 Å². The van der Waals surface area contributed by atoms with Crippen molar-refractivity contribution in [2.75, 3.05) is 30.1 Å². The van der Waals surface area contributed by atoms with Gasteiger partial charge in [-0.25, -0.2) is 8.42 Å². The molecule has 1 aliphatic heterocycles. The van der Waals surface area contributed by atoms with Crippen molar-refractivity contribution in [1.82, 2.24) is 10.2 Å². The normalized spacial score (nSPS) is 17.1. The van der Waals surface area contributed by atoms with Crippen LogP contribution in [0.3, 0.4) is 0 Å². The van der Waals surface area contributed by atoms with Crippen LogP contribution >= 0.6 is 0 Å². The number of carbonyl (C=O) groups excluding carboxylic acids is 1. The Bertz CT molecular complexity index is 708. The summed E-state index contributed by atoms with van der Waals surface area (Å²) in [7, 11) is -3.58. The largest absolute Gasteiger partial charge is 0.354 e. The zero-order valence-corrected chi connectivity index (χ0v) is 17.0. The minimum absolute atomic E-state index is 0.120. The van der Waals surface area contributed by atoms with E-state index in [1.54, 1.807) is 19.1 Å². The van der Waals surface area contributed by atoms with E-state index < -0.39 is 15.9 Å². The number of hydrogen-bond donors (Lipinski definition) is 2. The number of aryl methyl sites for hydroxylation is 1. The molecule has 1 saturated heterocycles. The molecule has 26 heavy (non-hydrogen) atoms. The Kier molecular flexibility index (Phi) is 6.69. The second-order valence-corrected chi connectivity index (χ2v) is 9.64. The number of amides is 1. The van der Waals surface area contributed by atoms with Crippen LogP contribution in [0.4, 0.5) is 5.69 Å². The van der Waals surface area contributed by atoms with Crippen molar-refractivity contribution in [3.8, 4) is 0 Å². The summed E-state index contributed by atoms with van der Waals surface area (Å²) in [4.78, 5) is 14.7. The van der Waals surface area contributed by atoms with Gasteiger partial charge >= 0.3 is 0 Å². The van der Waals surface area contributed by atoms with E-state index in [-0.39, 0.29) is 17.2 Å². The summed E-state index contributed by atoms with van der Waals surface area (Å²) in [6, 6.07) is 7.12. The third-order valence-corrected chi connectivity index (χ3v) is 6.38. The number of hydrogen-bond acceptors (Lipinski definition) is 4. The standard InChI is InChI=1S/C19H31N3O3S/c1-15-7-9-17(10-8-15)21-26(24,25)13-16(2)18(23)20-14-19(3,4)22-11-5-6-12-22/h7-10,16,21H,5-6,11-14H2,1-4H3,(H,20,23). The molecule has 1 atom stereocenters. The number of anilines is 1. The summed E-state index contributed by atoms with van der Waals surface area (Å²) in [5, 5.41) is 2.92. The average Bonchev–Trinajstić information content (AvgIpc) is 3.09. The number of sulfonamides is 1. The van der Waals surface area contributed by atoms with Gasteiger partial charge in [-0.1, -0.05) is 24.6 Å². The van der Waals surface area contributed by atoms with Crippen molar-refractivity contribution in [2.24, 2.45) is 5.92 Å². The maximum atomic E-state index is 12.4. The van der Waals surface area contributed by atoms with E-state index in [2.05, 4.69) is 28.8 Å². The second kappa shape index (κ2) is 8.39. The Hall–Kier alpha value is -1.60. The van der Waals surface area contributed by atoms with Crippen LogP contribution in [0.15, 0.2) is 24.3 Å². The smallest absolute Gasteiger partial charge is 0.233 e. The van der Waals surface area contributed by atoms with Gasteiger partial charge in [0.25, 0.3) is 0 Å². The quantitative estimate of drug-likeness (QED) is 0.725. The summed E-state index contributed by atoms with van der Waals surface area (Å²) < 4.78 is 27.2. The Morgan fingerprint density at radius 2 is 1.77 bits per heavy atom. The lowest BCUT2D eigenvalue weighted by Crippen LogP contribution is -2.51. The van der Waals surface area contributed by atoms with Crippen molar-refractivity contribution < 1.29 is 13.2 Å². The molecule has 1 aliphatic rings. The molecule has 1 fully saturated rings. The van der Waals surface area contributed by atoms with Crippen molar-refractivity contribution in [3.05, 3.63) is 29.8 Å². The minimum Gasteiger partial charge on any atom is -0.354 e. The van der Waals surface area contributed by atoms with Crippen LogP contribution in [0.2, 0.25) is 0 Å². The fourth-order valence-electron chi connectivity index (χ4n) is 3.16. The molecule has 0 saturated carbocycles. The maximum Gasteiger partial charge on any atom is 0.233 e. The third-order valence-electron chi connectivity index (χ3n) is 4.90. The minimum atomic E-state index is -3.58. The Balaban J connectivity index is 1.86. The van der Waals surface area contributed by atoms with E-state index in [1.165, 1.54) is 12.8 Å². The SMILES string of the molecule is Cc1ccc(NS(=O)(=O)CC(C)C(=O)NCC(C)(C)N2CCCC2)cc1. The van der Waals surface area contributed by atoms with Gasteiger partial charge in [-0.3, -0.25) is 14.4 Å². The van der Waals surface area contributed by atoms with Gasteiger partial charge in [-0.05, 0) is 58.8 Å². The average molecular weight is 382 g/mol. The first-order valence-electron chi connectivity index (χ1n) is 9.19. The number of nitrogens with zero attached hydrogens (tertiary/aromatic N) is 1. The molecule has 2 N–H and O–H groups in total. The highest BCUT2D eigenvalue weighted by atomic mass is 32.2. The molecule has 1 aromatic rings. The van der Waals surface area contributed by atoms with Gasteiger partial charge in [-0.15, -0.1) is 0 Å². The fraction of sp³-hybridized carbons (Fsp3) is 0.632. The van der Waals surface area contributed by atoms with Gasteiger partial charge in [0.15, 0.2) is 0 Å². The summed E-state index contributed by atoms with van der Waals surface area (Å²) in [6.45, 7) is 10.4. The van der Waals surface area contributed by atoms with Gasteiger partial charge in [-0.2, -0.15) is 0 Å².